The SMILES string of the molecule is CC1(Oc2cc(C#N)ncn2)CC(C)(C(=O)N2CCCC2c2cc(F)cc(F)c2)C1. The van der Waals surface area contributed by atoms with E-state index in [9.17, 15) is 13.6 Å². The molecule has 1 amide bonds. The minimum Gasteiger partial charge on any atom is -0.471 e. The van der Waals surface area contributed by atoms with Crippen molar-refractivity contribution in [2.75, 3.05) is 6.54 Å². The Labute approximate surface area is 173 Å². The Hall–Kier alpha value is -3.08. The molecule has 0 bridgehead atoms. The number of amides is 1. The molecule has 1 saturated carbocycles. The molecule has 1 aromatic heterocycles. The van der Waals surface area contributed by atoms with Crippen LogP contribution >= 0.6 is 0 Å². The maximum absolute atomic E-state index is 13.7. The highest BCUT2D eigenvalue weighted by atomic mass is 19.1. The second kappa shape index (κ2) is 7.31. The lowest BCUT2D eigenvalue weighted by molar-refractivity contribution is -0.164. The Kier molecular flexibility index (Phi) is 4.92. The van der Waals surface area contributed by atoms with Crippen molar-refractivity contribution in [1.29, 1.82) is 5.26 Å². The molecule has 8 heteroatoms. The number of carbonyl (C=O) groups is 1. The first kappa shape index (κ1) is 20.2. The lowest BCUT2D eigenvalue weighted by Gasteiger charge is -2.52. The number of nitriles is 1. The lowest BCUT2D eigenvalue weighted by atomic mass is 9.60. The van der Waals surface area contributed by atoms with Crippen LogP contribution in [0.2, 0.25) is 0 Å². The maximum atomic E-state index is 13.7. The van der Waals surface area contributed by atoms with Gasteiger partial charge in [0, 0.05) is 31.5 Å². The first-order valence-corrected chi connectivity index (χ1v) is 9.90. The lowest BCUT2D eigenvalue weighted by Crippen LogP contribution is -2.59. The molecule has 1 aromatic carbocycles. The van der Waals surface area contributed by atoms with E-state index in [0.717, 1.165) is 12.5 Å². The van der Waals surface area contributed by atoms with E-state index in [0.29, 0.717) is 37.3 Å². The molecule has 1 unspecified atom stereocenters. The van der Waals surface area contributed by atoms with Crippen molar-refractivity contribution in [3.05, 3.63) is 53.5 Å². The van der Waals surface area contributed by atoms with E-state index in [-0.39, 0.29) is 17.6 Å². The van der Waals surface area contributed by atoms with Crippen LogP contribution in [0.1, 0.15) is 56.8 Å². The van der Waals surface area contributed by atoms with Gasteiger partial charge in [-0.05, 0) is 37.5 Å². The summed E-state index contributed by atoms with van der Waals surface area (Å²) in [5.74, 6) is -1.01. The van der Waals surface area contributed by atoms with Gasteiger partial charge < -0.3 is 9.64 Å². The minimum atomic E-state index is -0.637. The number of likely N-dealkylation sites (tertiary alicyclic amines) is 1. The van der Waals surface area contributed by atoms with Crippen LogP contribution in [-0.4, -0.2) is 32.9 Å². The highest BCUT2D eigenvalue weighted by Gasteiger charge is 2.57. The van der Waals surface area contributed by atoms with Gasteiger partial charge in [-0.25, -0.2) is 18.7 Å². The Morgan fingerprint density at radius 2 is 1.90 bits per heavy atom. The summed E-state index contributed by atoms with van der Waals surface area (Å²) in [6.07, 6.45) is 3.69. The number of hydrogen-bond acceptors (Lipinski definition) is 5. The van der Waals surface area contributed by atoms with E-state index >= 15 is 0 Å². The average molecular weight is 412 g/mol. The van der Waals surface area contributed by atoms with Gasteiger partial charge in [-0.15, -0.1) is 0 Å². The standard InChI is InChI=1S/C22H22F2N4O2/c1-21(11-22(2,12-21)30-19-9-17(10-25)26-13-27-19)20(29)28-5-3-4-18(28)14-6-15(23)8-16(24)7-14/h6-9,13,18H,3-5,11-12H2,1-2H3. The zero-order chi connectivity index (χ0) is 21.5. The number of carbonyl (C=O) groups excluding carboxylic acids is 1. The van der Waals surface area contributed by atoms with E-state index in [1.807, 2.05) is 19.9 Å². The van der Waals surface area contributed by atoms with E-state index in [4.69, 9.17) is 10.00 Å². The van der Waals surface area contributed by atoms with Crippen LogP contribution < -0.4 is 4.74 Å². The molecular weight excluding hydrogens is 390 g/mol. The number of nitrogens with zero attached hydrogens (tertiary/aromatic N) is 4. The summed E-state index contributed by atoms with van der Waals surface area (Å²) >= 11 is 0. The Morgan fingerprint density at radius 3 is 2.57 bits per heavy atom. The third-order valence-electron chi connectivity index (χ3n) is 5.94. The molecule has 6 nitrogen and oxygen atoms in total. The maximum Gasteiger partial charge on any atom is 0.229 e. The van der Waals surface area contributed by atoms with Gasteiger partial charge in [-0.1, -0.05) is 6.92 Å². The Balaban J connectivity index is 1.47. The molecule has 2 aromatic rings. The number of aromatic nitrogens is 2. The fraction of sp³-hybridized carbons (Fsp3) is 0.455. The normalized spacial score (nSPS) is 28.0. The summed E-state index contributed by atoms with van der Waals surface area (Å²) < 4.78 is 33.3. The van der Waals surface area contributed by atoms with Crippen LogP contribution in [0, 0.1) is 28.4 Å². The predicted molar refractivity (Wildman–Crippen MR) is 103 cm³/mol. The van der Waals surface area contributed by atoms with E-state index in [2.05, 4.69) is 9.97 Å². The minimum absolute atomic E-state index is 0.0313. The number of rotatable bonds is 4. The van der Waals surface area contributed by atoms with Crippen molar-refractivity contribution in [2.24, 2.45) is 5.41 Å². The molecule has 0 radical (unpaired) electrons. The molecule has 2 fully saturated rings. The largest absolute Gasteiger partial charge is 0.471 e. The zero-order valence-corrected chi connectivity index (χ0v) is 16.9. The van der Waals surface area contributed by atoms with Crippen molar-refractivity contribution in [3.8, 4) is 11.9 Å². The smallest absolute Gasteiger partial charge is 0.229 e. The monoisotopic (exact) mass is 412 g/mol. The van der Waals surface area contributed by atoms with Crippen LogP contribution in [0.25, 0.3) is 0 Å². The van der Waals surface area contributed by atoms with Crippen molar-refractivity contribution >= 4 is 5.91 Å². The summed E-state index contributed by atoms with van der Waals surface area (Å²) in [4.78, 5) is 23.0. The summed E-state index contributed by atoms with van der Waals surface area (Å²) in [5, 5.41) is 8.97. The fourth-order valence-corrected chi connectivity index (χ4v) is 5.00. The zero-order valence-electron chi connectivity index (χ0n) is 16.9. The summed E-state index contributed by atoms with van der Waals surface area (Å²) in [7, 11) is 0. The van der Waals surface area contributed by atoms with Crippen LogP contribution in [0.4, 0.5) is 8.78 Å². The Bertz CT molecular complexity index is 1010. The number of halogens is 2. The highest BCUT2D eigenvalue weighted by molar-refractivity contribution is 5.84. The molecule has 1 saturated heterocycles. The summed E-state index contributed by atoms with van der Waals surface area (Å²) in [5.41, 5.74) is -0.519. The molecule has 1 aliphatic carbocycles. The summed E-state index contributed by atoms with van der Waals surface area (Å²) in [6, 6.07) is 6.53. The van der Waals surface area contributed by atoms with E-state index in [1.54, 1.807) is 4.90 Å². The highest BCUT2D eigenvalue weighted by Crippen LogP contribution is 2.52. The summed E-state index contributed by atoms with van der Waals surface area (Å²) in [6.45, 7) is 4.36. The van der Waals surface area contributed by atoms with Crippen molar-refractivity contribution in [2.45, 2.75) is 51.2 Å². The molecule has 1 aliphatic heterocycles. The molecule has 156 valence electrons. The number of benzene rings is 1. The molecule has 0 spiro atoms. The molecule has 0 N–H and O–H groups in total. The van der Waals surface area contributed by atoms with E-state index in [1.165, 1.54) is 24.5 Å². The van der Waals surface area contributed by atoms with Gasteiger partial charge in [0.25, 0.3) is 0 Å². The first-order valence-electron chi connectivity index (χ1n) is 9.90. The predicted octanol–water partition coefficient (Wildman–Crippen LogP) is 3.93. The number of ether oxygens (including phenoxy) is 1. The fourth-order valence-electron chi connectivity index (χ4n) is 5.00. The molecular formula is C22H22F2N4O2. The van der Waals surface area contributed by atoms with Gasteiger partial charge >= 0.3 is 0 Å². The van der Waals surface area contributed by atoms with Gasteiger partial charge in [0.05, 0.1) is 11.5 Å². The Morgan fingerprint density at radius 1 is 1.20 bits per heavy atom. The topological polar surface area (TPSA) is 79.1 Å². The third-order valence-corrected chi connectivity index (χ3v) is 5.94. The van der Waals surface area contributed by atoms with Crippen molar-refractivity contribution < 1.29 is 18.3 Å². The van der Waals surface area contributed by atoms with Crippen molar-refractivity contribution in [3.63, 3.8) is 0 Å². The van der Waals surface area contributed by atoms with E-state index < -0.39 is 22.7 Å². The van der Waals surface area contributed by atoms with Gasteiger partial charge in [0.15, 0.2) is 0 Å². The van der Waals surface area contributed by atoms with Crippen LogP contribution in [0.15, 0.2) is 30.6 Å². The van der Waals surface area contributed by atoms with Crippen LogP contribution in [0.5, 0.6) is 5.88 Å². The molecule has 1 atom stereocenters. The van der Waals surface area contributed by atoms with Crippen LogP contribution in [-0.2, 0) is 4.79 Å². The van der Waals surface area contributed by atoms with Crippen molar-refractivity contribution in [1.82, 2.24) is 14.9 Å². The van der Waals surface area contributed by atoms with Gasteiger partial charge in [-0.2, -0.15) is 5.26 Å². The molecule has 4 rings (SSSR count). The van der Waals surface area contributed by atoms with Gasteiger partial charge in [0.1, 0.15) is 35.3 Å². The second-order valence-corrected chi connectivity index (χ2v) is 8.68. The first-order chi connectivity index (χ1) is 14.2. The van der Waals surface area contributed by atoms with Gasteiger partial charge in [-0.3, -0.25) is 4.79 Å². The molecule has 2 aliphatic rings. The quantitative estimate of drug-likeness (QED) is 0.760. The number of hydrogen-bond donors (Lipinski definition) is 0. The second-order valence-electron chi connectivity index (χ2n) is 8.68. The van der Waals surface area contributed by atoms with Crippen LogP contribution in [0.3, 0.4) is 0 Å². The third kappa shape index (κ3) is 3.72. The molecule has 2 heterocycles. The molecule has 30 heavy (non-hydrogen) atoms. The van der Waals surface area contributed by atoms with Gasteiger partial charge in [0.2, 0.25) is 11.8 Å². The average Bonchev–Trinajstić information content (AvgIpc) is 3.15.